The van der Waals surface area contributed by atoms with Gasteiger partial charge in [0.2, 0.25) is 5.91 Å². The first kappa shape index (κ1) is 14.4. The van der Waals surface area contributed by atoms with Crippen LogP contribution in [0.5, 0.6) is 0 Å². The molecule has 106 valence electrons. The highest BCUT2D eigenvalue weighted by Gasteiger charge is 2.15. The van der Waals surface area contributed by atoms with Crippen LogP contribution in [0.15, 0.2) is 35.7 Å². The van der Waals surface area contributed by atoms with Crippen LogP contribution in [0.25, 0.3) is 0 Å². The lowest BCUT2D eigenvalue weighted by molar-refractivity contribution is -0.115. The number of amides is 1. The molecule has 0 saturated heterocycles. The van der Waals surface area contributed by atoms with Crippen LogP contribution in [0.4, 0.5) is 11.4 Å². The van der Waals surface area contributed by atoms with Crippen LogP contribution in [0.3, 0.4) is 0 Å². The molecular weight excluding hydrogens is 274 g/mol. The lowest BCUT2D eigenvalue weighted by atomic mass is 10.2. The zero-order chi connectivity index (χ0) is 14.5. The van der Waals surface area contributed by atoms with E-state index in [9.17, 15) is 4.79 Å². The van der Waals surface area contributed by atoms with E-state index < -0.39 is 0 Å². The molecule has 0 fully saturated rings. The largest absolute Gasteiger partial charge is 0.378 e. The van der Waals surface area contributed by atoms with Crippen LogP contribution < -0.4 is 10.2 Å². The Morgan fingerprint density at radius 1 is 1.35 bits per heavy atom. The summed E-state index contributed by atoms with van der Waals surface area (Å²) in [6.45, 7) is 1.83. The smallest absolute Gasteiger partial charge is 0.237 e. The van der Waals surface area contributed by atoms with Crippen molar-refractivity contribution in [3.8, 4) is 0 Å². The second-order valence-electron chi connectivity index (χ2n) is 4.48. The van der Waals surface area contributed by atoms with E-state index in [0.717, 1.165) is 11.4 Å². The topological polar surface area (TPSA) is 73.9 Å². The van der Waals surface area contributed by atoms with Crippen LogP contribution in [0.1, 0.15) is 6.92 Å². The predicted octanol–water partition coefficient (Wildman–Crippen LogP) is 1.99. The third-order valence-electron chi connectivity index (χ3n) is 2.70. The van der Waals surface area contributed by atoms with Crippen molar-refractivity contribution in [2.45, 2.75) is 17.3 Å². The number of H-pyrrole nitrogens is 1. The number of benzene rings is 1. The maximum Gasteiger partial charge on any atom is 0.237 e. The normalized spacial score (nSPS) is 11.9. The van der Waals surface area contributed by atoms with Gasteiger partial charge in [0, 0.05) is 25.5 Å². The molecule has 1 atom stereocenters. The van der Waals surface area contributed by atoms with Gasteiger partial charge in [0.05, 0.1) is 5.25 Å². The Labute approximate surface area is 122 Å². The molecule has 1 aromatic heterocycles. The fraction of sp³-hybridized carbons (Fsp3) is 0.308. The molecule has 0 bridgehead atoms. The number of anilines is 2. The summed E-state index contributed by atoms with van der Waals surface area (Å²) in [5.74, 6) is -0.0657. The Kier molecular flexibility index (Phi) is 4.62. The molecule has 1 aromatic carbocycles. The lowest BCUT2D eigenvalue weighted by Crippen LogP contribution is -2.22. The third-order valence-corrected chi connectivity index (χ3v) is 3.69. The van der Waals surface area contributed by atoms with Crippen molar-refractivity contribution in [3.05, 3.63) is 30.6 Å². The van der Waals surface area contributed by atoms with Gasteiger partial charge >= 0.3 is 0 Å². The molecule has 2 rings (SSSR count). The number of carbonyl (C=O) groups is 1. The van der Waals surface area contributed by atoms with E-state index in [0.29, 0.717) is 5.16 Å². The highest BCUT2D eigenvalue weighted by Crippen LogP contribution is 2.21. The first-order valence-electron chi connectivity index (χ1n) is 6.16. The fourth-order valence-corrected chi connectivity index (χ4v) is 2.27. The van der Waals surface area contributed by atoms with Crippen LogP contribution in [-0.4, -0.2) is 40.4 Å². The van der Waals surface area contributed by atoms with Gasteiger partial charge in [-0.2, -0.15) is 5.10 Å². The Hall–Kier alpha value is -2.02. The van der Waals surface area contributed by atoms with E-state index in [1.54, 1.807) is 0 Å². The quantitative estimate of drug-likeness (QED) is 0.824. The molecule has 2 N–H and O–H groups in total. The number of nitrogens with one attached hydrogen (secondary N) is 2. The van der Waals surface area contributed by atoms with E-state index >= 15 is 0 Å². The average Bonchev–Trinajstić information content (AvgIpc) is 2.92. The van der Waals surface area contributed by atoms with Crippen molar-refractivity contribution < 1.29 is 4.79 Å². The van der Waals surface area contributed by atoms with E-state index in [2.05, 4.69) is 20.5 Å². The summed E-state index contributed by atoms with van der Waals surface area (Å²) in [5, 5.41) is 9.74. The molecule has 0 radical (unpaired) electrons. The van der Waals surface area contributed by atoms with Gasteiger partial charge in [-0.1, -0.05) is 11.8 Å². The van der Waals surface area contributed by atoms with Crippen molar-refractivity contribution >= 4 is 29.0 Å². The van der Waals surface area contributed by atoms with E-state index in [1.807, 2.05) is 50.2 Å². The summed E-state index contributed by atoms with van der Waals surface area (Å²) < 4.78 is 0. The van der Waals surface area contributed by atoms with Crippen LogP contribution in [0.2, 0.25) is 0 Å². The van der Waals surface area contributed by atoms with Crippen LogP contribution >= 0.6 is 11.8 Å². The van der Waals surface area contributed by atoms with Gasteiger partial charge in [-0.05, 0) is 31.2 Å². The first-order valence-corrected chi connectivity index (χ1v) is 7.04. The van der Waals surface area contributed by atoms with Crippen LogP contribution in [-0.2, 0) is 4.79 Å². The van der Waals surface area contributed by atoms with Gasteiger partial charge in [-0.25, -0.2) is 4.98 Å². The maximum atomic E-state index is 12.1. The number of hydrogen-bond acceptors (Lipinski definition) is 5. The summed E-state index contributed by atoms with van der Waals surface area (Å²) in [6.07, 6.45) is 1.42. The zero-order valence-corrected chi connectivity index (χ0v) is 12.4. The summed E-state index contributed by atoms with van der Waals surface area (Å²) in [4.78, 5) is 18.0. The molecule has 0 aliphatic carbocycles. The lowest BCUT2D eigenvalue weighted by Gasteiger charge is -2.14. The summed E-state index contributed by atoms with van der Waals surface area (Å²) >= 11 is 1.34. The highest BCUT2D eigenvalue weighted by molar-refractivity contribution is 8.00. The highest BCUT2D eigenvalue weighted by atomic mass is 32.2. The molecule has 0 spiro atoms. The van der Waals surface area contributed by atoms with Crippen molar-refractivity contribution in [3.63, 3.8) is 0 Å². The molecular formula is C13H17N5OS. The number of thioether (sulfide) groups is 1. The average molecular weight is 291 g/mol. The Balaban J connectivity index is 1.93. The predicted molar refractivity (Wildman–Crippen MR) is 81.1 cm³/mol. The molecule has 20 heavy (non-hydrogen) atoms. The molecule has 0 aliphatic rings. The third kappa shape index (κ3) is 3.74. The fourth-order valence-electron chi connectivity index (χ4n) is 1.56. The second kappa shape index (κ2) is 6.42. The molecule has 7 heteroatoms. The van der Waals surface area contributed by atoms with Crippen molar-refractivity contribution in [1.82, 2.24) is 15.2 Å². The van der Waals surface area contributed by atoms with Gasteiger partial charge in [-0.15, -0.1) is 0 Å². The summed E-state index contributed by atoms with van der Waals surface area (Å²) in [5.41, 5.74) is 1.87. The molecule has 6 nitrogen and oxygen atoms in total. The van der Waals surface area contributed by atoms with Crippen LogP contribution in [0, 0.1) is 0 Å². The molecule has 0 aliphatic heterocycles. The van der Waals surface area contributed by atoms with E-state index in [4.69, 9.17) is 0 Å². The van der Waals surface area contributed by atoms with Gasteiger partial charge in [0.15, 0.2) is 5.16 Å². The second-order valence-corrected chi connectivity index (χ2v) is 5.81. The Bertz CT molecular complexity index is 553. The number of carbonyl (C=O) groups excluding carboxylic acids is 1. The monoisotopic (exact) mass is 291 g/mol. The SMILES string of the molecule is C[C@H](Sc1ncn[nH]1)C(=O)Nc1ccc(N(C)C)cc1. The van der Waals surface area contributed by atoms with Crippen molar-refractivity contribution in [1.29, 1.82) is 0 Å². The Morgan fingerprint density at radius 3 is 2.60 bits per heavy atom. The summed E-state index contributed by atoms with van der Waals surface area (Å²) in [7, 11) is 3.95. The zero-order valence-electron chi connectivity index (χ0n) is 11.6. The molecule has 2 aromatic rings. The molecule has 0 unspecified atom stereocenters. The number of nitrogens with zero attached hydrogens (tertiary/aromatic N) is 3. The van der Waals surface area contributed by atoms with Gasteiger partial charge < -0.3 is 10.2 Å². The van der Waals surface area contributed by atoms with E-state index in [1.165, 1.54) is 18.1 Å². The standard InChI is InChI=1S/C13H17N5OS/c1-9(20-13-14-8-15-17-13)12(19)16-10-4-6-11(7-5-10)18(2)3/h4-9H,1-3H3,(H,16,19)(H,14,15,17)/t9-/m0/s1. The molecule has 1 amide bonds. The number of hydrogen-bond donors (Lipinski definition) is 2. The van der Waals surface area contributed by atoms with Crippen molar-refractivity contribution in [2.75, 3.05) is 24.3 Å². The minimum absolute atomic E-state index is 0.0657. The van der Waals surface area contributed by atoms with E-state index in [-0.39, 0.29) is 11.2 Å². The summed E-state index contributed by atoms with van der Waals surface area (Å²) in [6, 6.07) is 7.70. The molecule has 1 heterocycles. The van der Waals surface area contributed by atoms with Gasteiger partial charge in [0.1, 0.15) is 6.33 Å². The maximum absolute atomic E-state index is 12.1. The van der Waals surface area contributed by atoms with Crippen molar-refractivity contribution in [2.24, 2.45) is 0 Å². The number of rotatable bonds is 5. The Morgan fingerprint density at radius 2 is 2.05 bits per heavy atom. The minimum atomic E-state index is -0.253. The molecule has 0 saturated carbocycles. The number of aromatic amines is 1. The van der Waals surface area contributed by atoms with Gasteiger partial charge in [-0.3, -0.25) is 9.89 Å². The number of aromatic nitrogens is 3. The first-order chi connectivity index (χ1) is 9.56. The minimum Gasteiger partial charge on any atom is -0.378 e. The van der Waals surface area contributed by atoms with Gasteiger partial charge in [0.25, 0.3) is 0 Å².